The molecule has 5 rings (SSSR count). The summed E-state index contributed by atoms with van der Waals surface area (Å²) >= 11 is 5.32. The Morgan fingerprint density at radius 3 is 1.41 bits per heavy atom. The van der Waals surface area contributed by atoms with E-state index in [9.17, 15) is 58.7 Å². The predicted octanol–water partition coefficient (Wildman–Crippen LogP) is 15.5. The fourth-order valence-electron chi connectivity index (χ4n) is 7.65. The number of carbonyl (C=O) groups is 4. The van der Waals surface area contributed by atoms with Gasteiger partial charge in [0.2, 0.25) is 0 Å². The largest absolute Gasteiger partial charge is 0.444 e. The lowest BCUT2D eigenvalue weighted by Crippen LogP contribution is -2.68. The van der Waals surface area contributed by atoms with Crippen molar-refractivity contribution in [3.05, 3.63) is 141 Å². The number of aromatic nitrogens is 4. The van der Waals surface area contributed by atoms with Crippen molar-refractivity contribution < 1.29 is 105 Å². The molecule has 0 aliphatic rings. The lowest BCUT2D eigenvalue weighted by atomic mass is 9.93. The molecule has 5 aromatic rings. The first-order valence-corrected chi connectivity index (χ1v) is 28.2. The van der Waals surface area contributed by atoms with Crippen LogP contribution in [0.2, 0.25) is 0 Å². The van der Waals surface area contributed by atoms with E-state index in [1.54, 1.807) is 35.1 Å². The van der Waals surface area contributed by atoms with E-state index in [2.05, 4.69) is 70.5 Å². The molecule has 0 radical (unpaired) electrons. The van der Waals surface area contributed by atoms with Crippen molar-refractivity contribution >= 4 is 67.2 Å². The summed E-state index contributed by atoms with van der Waals surface area (Å²) in [5, 5.41) is 11.4. The molecule has 2 aromatic carbocycles. The Morgan fingerprint density at radius 1 is 0.560 bits per heavy atom. The third-order valence-corrected chi connectivity index (χ3v) is 12.5. The summed E-state index contributed by atoms with van der Waals surface area (Å²) in [6, 6.07) is 16.3. The van der Waals surface area contributed by atoms with Gasteiger partial charge < -0.3 is 32.8 Å². The number of carbonyl (C=O) groups excluding carboxylic acids is 4. The average molecular weight is 1440 g/mol. The number of nitrogens with one attached hydrogen (secondary N) is 4. The fraction of sp³-hybridized carbons (Fsp3) is 0.448. The second-order valence-electron chi connectivity index (χ2n) is 23.3. The monoisotopic (exact) mass is 1430 g/mol. The molecule has 0 saturated carbocycles. The Morgan fingerprint density at radius 2 is 0.989 bits per heavy atom. The van der Waals surface area contributed by atoms with Crippen LogP contribution in [0.5, 0.6) is 0 Å². The summed E-state index contributed by atoms with van der Waals surface area (Å²) < 4.78 is 208. The van der Waals surface area contributed by atoms with Gasteiger partial charge in [0.1, 0.15) is 32.6 Å². The van der Waals surface area contributed by atoms with Crippen molar-refractivity contribution in [1.82, 2.24) is 31.0 Å². The maximum absolute atomic E-state index is 15.2. The number of hydrogen-bond acceptors (Lipinski definition) is 15. The molecule has 500 valence electrons. The summed E-state index contributed by atoms with van der Waals surface area (Å²) in [5.74, 6) is -5.41. The van der Waals surface area contributed by atoms with Gasteiger partial charge >= 0.3 is 36.9 Å². The number of nitrogens with zero attached hydrogens (tertiary/aromatic N) is 4. The summed E-state index contributed by atoms with van der Waals surface area (Å²) in [5.41, 5.74) is -13.6. The molecule has 91 heavy (non-hydrogen) atoms. The highest BCUT2D eigenvalue weighted by atomic mass is 79.9. The minimum atomic E-state index is -5.49. The molecule has 0 fully saturated rings. The van der Waals surface area contributed by atoms with Gasteiger partial charge in [-0.15, -0.1) is 23.4 Å². The Bertz CT molecular complexity index is 3360. The maximum atomic E-state index is 15.2. The molecule has 19 nitrogen and oxygen atoms in total. The van der Waals surface area contributed by atoms with Crippen LogP contribution < -0.4 is 21.5 Å². The average Bonchev–Trinajstić information content (AvgIpc) is 1.74. The van der Waals surface area contributed by atoms with Gasteiger partial charge in [-0.3, -0.25) is 31.1 Å². The normalized spacial score (nSPS) is 14.7. The van der Waals surface area contributed by atoms with E-state index >= 15 is 13.2 Å². The van der Waals surface area contributed by atoms with E-state index in [0.29, 0.717) is 23.8 Å². The van der Waals surface area contributed by atoms with Crippen LogP contribution >= 0.6 is 31.9 Å². The number of alkyl halides is 12. The van der Waals surface area contributed by atoms with Crippen LogP contribution in [0.15, 0.2) is 112 Å². The Hall–Kier alpha value is -7.20. The molecule has 0 bridgehead atoms. The number of rotatable bonds is 18. The zero-order chi connectivity index (χ0) is 69.3. The van der Waals surface area contributed by atoms with Crippen LogP contribution in [0, 0.1) is 0 Å². The van der Waals surface area contributed by atoms with Gasteiger partial charge in [-0.1, -0.05) is 72.8 Å². The number of halogens is 14. The number of anilines is 2. The second kappa shape index (κ2) is 29.2. The van der Waals surface area contributed by atoms with E-state index in [-0.39, 0.29) is 5.56 Å². The predicted molar refractivity (Wildman–Crippen MR) is 311 cm³/mol. The number of hydrazine groups is 1. The van der Waals surface area contributed by atoms with Crippen LogP contribution in [-0.2, 0) is 64.4 Å². The number of benzene rings is 2. The van der Waals surface area contributed by atoms with Crippen molar-refractivity contribution in [2.75, 3.05) is 10.6 Å². The zero-order valence-electron chi connectivity index (χ0n) is 50.6. The van der Waals surface area contributed by atoms with E-state index in [0.717, 1.165) is 6.08 Å². The van der Waals surface area contributed by atoms with Crippen LogP contribution in [0.3, 0.4) is 0 Å². The van der Waals surface area contributed by atoms with Gasteiger partial charge in [0, 0.05) is 0 Å². The SMILES string of the molecule is C=CC(OC(C)(C)C)C(OCc1ccccc1)(C(=O)NNC(=O)c1nc(Br)c(C(F)(F)F)cc1NC(=O)OC(C)(C)C)C(F)(F)F.C=CC(OC(C)(C)C)C(OCc1ccccc1)(c1nnc(-c2nc(Br)c(C(F)(F)F)cc2NC(=O)OC(C)(C)C)o1)C(F)(F)F. The van der Waals surface area contributed by atoms with Gasteiger partial charge in [-0.05, 0) is 138 Å². The molecule has 0 aliphatic heterocycles. The van der Waals surface area contributed by atoms with Crippen LogP contribution in [-0.4, -0.2) is 96.7 Å². The van der Waals surface area contributed by atoms with Crippen molar-refractivity contribution in [2.24, 2.45) is 0 Å². The number of pyridine rings is 2. The van der Waals surface area contributed by atoms with Crippen LogP contribution in [0.4, 0.5) is 73.6 Å². The fourth-order valence-corrected chi connectivity index (χ4v) is 8.68. The second-order valence-corrected chi connectivity index (χ2v) is 24.8. The standard InChI is InChI=1S/C29H33BrF6N4O6.C29H31BrF6N4O5/c1-8-19(45-25(2,3)4)27(29(34,35)36,44-15-16-12-10-9-11-13-16)23(42)40-39-22(41)20-18(37-24(43)46-26(5,6)7)14-17(21(30)38-20)28(31,32)33;1-8-19(44-25(2,3)4)27(29(34,35)36,42-15-16-12-10-9-11-13-16)23-40-39-22(43-23)20-18(37-24(41)45-26(5,6)7)14-17(21(30)38-20)28(31,32)33/h8-14,19H,1,15H2,2-7H3,(H,37,43)(H,39,41)(H,40,42);8-14,19H,1,15H2,2-7H3,(H,37,41). The maximum Gasteiger partial charge on any atom is 0.429 e. The van der Waals surface area contributed by atoms with Crippen LogP contribution in [0.25, 0.3) is 11.6 Å². The first-order chi connectivity index (χ1) is 41.5. The third-order valence-electron chi connectivity index (χ3n) is 11.3. The molecule has 3 aromatic heterocycles. The van der Waals surface area contributed by atoms with Gasteiger partial charge in [-0.2, -0.15) is 52.7 Å². The van der Waals surface area contributed by atoms with Gasteiger partial charge in [-0.25, -0.2) is 19.6 Å². The molecule has 0 aliphatic carbocycles. The van der Waals surface area contributed by atoms with Crippen molar-refractivity contribution in [3.63, 3.8) is 0 Å². The quantitative estimate of drug-likeness (QED) is 0.0276. The van der Waals surface area contributed by atoms with E-state index in [1.165, 1.54) is 119 Å². The molecule has 33 heteroatoms. The van der Waals surface area contributed by atoms with E-state index in [1.807, 2.05) is 5.32 Å². The highest BCUT2D eigenvalue weighted by Crippen LogP contribution is 2.49. The van der Waals surface area contributed by atoms with Crippen molar-refractivity contribution in [1.29, 1.82) is 0 Å². The van der Waals surface area contributed by atoms with E-state index < -0.39 is 163 Å². The summed E-state index contributed by atoms with van der Waals surface area (Å²) in [4.78, 5) is 58.8. The summed E-state index contributed by atoms with van der Waals surface area (Å²) in [6.45, 7) is 23.3. The molecule has 4 atom stereocenters. The van der Waals surface area contributed by atoms with Crippen LogP contribution in [0.1, 0.15) is 122 Å². The molecule has 0 saturated heterocycles. The molecule has 0 spiro atoms. The Kier molecular flexibility index (Phi) is 24.4. The van der Waals surface area contributed by atoms with Gasteiger partial charge in [0.25, 0.3) is 34.8 Å². The number of ether oxygens (including phenoxy) is 6. The van der Waals surface area contributed by atoms with Gasteiger partial charge in [0.15, 0.2) is 11.4 Å². The lowest BCUT2D eigenvalue weighted by Gasteiger charge is -2.41. The number of amides is 4. The van der Waals surface area contributed by atoms with Gasteiger partial charge in [0.05, 0.1) is 46.9 Å². The number of hydrogen-bond donors (Lipinski definition) is 4. The molecule has 4 unspecified atom stereocenters. The third kappa shape index (κ3) is 20.9. The van der Waals surface area contributed by atoms with Crippen molar-refractivity contribution in [3.8, 4) is 11.6 Å². The topological polar surface area (TPSA) is 236 Å². The molecule has 4 amide bonds. The highest BCUT2D eigenvalue weighted by molar-refractivity contribution is 9.10. The minimum absolute atomic E-state index is 0.253. The molecule has 4 N–H and O–H groups in total. The summed E-state index contributed by atoms with van der Waals surface area (Å²) in [6.07, 6.45) is -25.7. The van der Waals surface area contributed by atoms with E-state index in [4.69, 9.17) is 32.8 Å². The summed E-state index contributed by atoms with van der Waals surface area (Å²) in [7, 11) is 0. The first kappa shape index (κ1) is 76.3. The first-order valence-electron chi connectivity index (χ1n) is 26.6. The Balaban J connectivity index is 0.000000388. The highest BCUT2D eigenvalue weighted by Gasteiger charge is 2.68. The smallest absolute Gasteiger partial charge is 0.429 e. The lowest BCUT2D eigenvalue weighted by molar-refractivity contribution is -0.332. The van der Waals surface area contributed by atoms with Crippen molar-refractivity contribution in [2.45, 2.75) is 167 Å². The molecule has 3 heterocycles. The Labute approximate surface area is 531 Å². The minimum Gasteiger partial charge on any atom is -0.444 e. The molecular weight excluding hydrogens is 1370 g/mol. The molecular formula is C58H64Br2F12N8O11. The zero-order valence-corrected chi connectivity index (χ0v) is 53.8.